The number of nitrogens with zero attached hydrogens (tertiary/aromatic N) is 2. The number of unbranched alkanes of at least 4 members (excludes halogenated alkanes) is 25. The Labute approximate surface area is 393 Å². The summed E-state index contributed by atoms with van der Waals surface area (Å²) in [5.74, 6) is 0. The van der Waals surface area contributed by atoms with Gasteiger partial charge in [-0.1, -0.05) is 161 Å². The quantitative estimate of drug-likeness (QED) is 0.0363. The van der Waals surface area contributed by atoms with Crippen LogP contribution < -0.4 is 0 Å². The summed E-state index contributed by atoms with van der Waals surface area (Å²) in [4.78, 5) is 0. The summed E-state index contributed by atoms with van der Waals surface area (Å²) in [5.41, 5.74) is 22.3. The molecule has 62 heavy (non-hydrogen) atoms. The van der Waals surface area contributed by atoms with E-state index in [1.54, 1.807) is 4.70 Å². The first kappa shape index (κ1) is 56.1. The Morgan fingerprint density at radius 1 is 0.355 bits per heavy atom. The maximum atomic E-state index is 12.2. The molecule has 0 unspecified atom stereocenters. The van der Waals surface area contributed by atoms with Gasteiger partial charge in [0.1, 0.15) is 0 Å². The average molecular weight is 896 g/mol. The van der Waals surface area contributed by atoms with Crippen LogP contribution in [-0.4, -0.2) is 4.70 Å². The monoisotopic (exact) mass is 895 g/mol. The van der Waals surface area contributed by atoms with Crippen molar-refractivity contribution >= 4 is 11.4 Å². The van der Waals surface area contributed by atoms with E-state index in [0.717, 1.165) is 37.1 Å². The molecule has 1 heterocycles. The molecule has 0 amide bonds. The Balaban J connectivity index is 0.000000749. The summed E-state index contributed by atoms with van der Waals surface area (Å²) in [6.07, 6.45) is 45.8. The van der Waals surface area contributed by atoms with Gasteiger partial charge in [-0.3, -0.25) is 0 Å². The SMILES string of the molecule is CCCCCCCCc1cccc(C2=C(CCCCCC)C(CCCCCCC)=C(c3cccc(CCCCCCCC)c3)[N+]2=[N-])c1.CCCCCC[CH2][Ni][CH2]CCCCCC. The minimum absolute atomic E-state index is 1.04. The third-order valence-electron chi connectivity index (χ3n) is 12.9. The number of hydrogen-bond donors (Lipinski definition) is 0. The Hall–Kier alpha value is -1.99. The number of rotatable bonds is 39. The minimum atomic E-state index is 1.04. The van der Waals surface area contributed by atoms with Crippen LogP contribution in [0, 0.1) is 0 Å². The molecule has 3 rings (SSSR count). The van der Waals surface area contributed by atoms with E-state index in [1.165, 1.54) is 243 Å². The predicted octanol–water partition coefficient (Wildman–Crippen LogP) is 20.8. The van der Waals surface area contributed by atoms with Crippen molar-refractivity contribution in [2.45, 2.75) is 277 Å². The molecule has 2 nitrogen and oxygen atoms in total. The van der Waals surface area contributed by atoms with Crippen molar-refractivity contribution in [1.29, 1.82) is 0 Å². The number of allylic oxidation sites excluding steroid dienone is 2. The molecule has 0 aromatic heterocycles. The standard InChI is InChI=1S/C45H70N2.2C7H15.Ni/c1-5-9-13-17-20-22-28-38-30-26-32-40(36-38)44-42(34-24-16-12-8-4)43(35-25-19-15-11-7-3)45(47(44)46)41-33-27-31-39(37-41)29-23-21-18-14-10-6-2;2*1-3-5-7-6-4-2;/h26-27,30-33,36-37H,5-25,28-29,34-35H2,1-4H3;2*1,3-7H2,2H3;. The first-order valence-corrected chi connectivity index (χ1v) is 28.5. The Morgan fingerprint density at radius 2 is 0.645 bits per heavy atom. The Bertz CT molecular complexity index is 1440. The van der Waals surface area contributed by atoms with Crippen LogP contribution in [0.2, 0.25) is 10.8 Å². The molecule has 356 valence electrons. The van der Waals surface area contributed by atoms with Crippen molar-refractivity contribution < 1.29 is 19.1 Å². The molecule has 0 bridgehead atoms. The van der Waals surface area contributed by atoms with Gasteiger partial charge in [0.15, 0.2) is 0 Å². The zero-order valence-corrected chi connectivity index (χ0v) is 43.0. The van der Waals surface area contributed by atoms with Crippen molar-refractivity contribution in [2.75, 3.05) is 0 Å². The Morgan fingerprint density at radius 3 is 1.00 bits per heavy atom. The molecule has 0 saturated carbocycles. The van der Waals surface area contributed by atoms with Gasteiger partial charge in [0, 0.05) is 22.3 Å². The van der Waals surface area contributed by atoms with E-state index < -0.39 is 0 Å². The third-order valence-corrected chi connectivity index (χ3v) is 14.3. The van der Waals surface area contributed by atoms with Gasteiger partial charge in [-0.05, 0) is 86.8 Å². The molecule has 1 aliphatic heterocycles. The second-order valence-electron chi connectivity index (χ2n) is 18.7. The second-order valence-corrected chi connectivity index (χ2v) is 20.2. The van der Waals surface area contributed by atoms with E-state index in [9.17, 15) is 5.53 Å². The maximum absolute atomic E-state index is 12.2. The molecular formula is C59H100N2Ni. The van der Waals surface area contributed by atoms with Gasteiger partial charge in [-0.2, -0.15) is 0 Å². The van der Waals surface area contributed by atoms with Gasteiger partial charge < -0.3 is 5.53 Å². The molecule has 0 N–H and O–H groups in total. The fourth-order valence-electron chi connectivity index (χ4n) is 8.99. The van der Waals surface area contributed by atoms with E-state index >= 15 is 0 Å². The third kappa shape index (κ3) is 24.9. The van der Waals surface area contributed by atoms with Crippen LogP contribution >= 0.6 is 0 Å². The average Bonchev–Trinajstić information content (AvgIpc) is 3.57. The van der Waals surface area contributed by atoms with Crippen LogP contribution in [-0.2, 0) is 27.3 Å². The summed E-state index contributed by atoms with van der Waals surface area (Å²) in [5, 5.41) is 2.84. The number of benzene rings is 2. The molecule has 2 aromatic carbocycles. The van der Waals surface area contributed by atoms with Crippen LogP contribution in [0.4, 0.5) is 0 Å². The Kier molecular flexibility index (Phi) is 35.7. The number of hydrogen-bond acceptors (Lipinski definition) is 0. The molecule has 0 atom stereocenters. The van der Waals surface area contributed by atoms with Gasteiger partial charge in [0.25, 0.3) is 0 Å². The molecule has 1 aliphatic rings. The normalized spacial score (nSPS) is 12.8. The first-order chi connectivity index (χ1) is 30.6. The molecule has 2 aromatic rings. The molecule has 0 fully saturated rings. The molecule has 0 aliphatic carbocycles. The van der Waals surface area contributed by atoms with Crippen molar-refractivity contribution in [2.24, 2.45) is 0 Å². The van der Waals surface area contributed by atoms with Crippen molar-refractivity contribution in [3.63, 3.8) is 0 Å². The fourth-order valence-corrected chi connectivity index (χ4v) is 10.2. The van der Waals surface area contributed by atoms with Crippen LogP contribution in [0.5, 0.6) is 0 Å². The summed E-state index contributed by atoms with van der Waals surface area (Å²) in [6, 6.07) is 18.3. The first-order valence-electron chi connectivity index (χ1n) is 27.1. The van der Waals surface area contributed by atoms with Crippen molar-refractivity contribution in [1.82, 2.24) is 0 Å². The van der Waals surface area contributed by atoms with Gasteiger partial charge in [-0.15, -0.1) is 0 Å². The predicted molar refractivity (Wildman–Crippen MR) is 274 cm³/mol. The molecule has 3 heteroatoms. The summed E-state index contributed by atoms with van der Waals surface area (Å²) in [7, 11) is 0. The van der Waals surface area contributed by atoms with Crippen LogP contribution in [0.1, 0.15) is 276 Å². The molecule has 0 radical (unpaired) electrons. The van der Waals surface area contributed by atoms with Crippen molar-refractivity contribution in [3.05, 3.63) is 87.5 Å². The summed E-state index contributed by atoms with van der Waals surface area (Å²) >= 11 is 2.00. The van der Waals surface area contributed by atoms with Crippen LogP contribution in [0.3, 0.4) is 0 Å². The zero-order valence-electron chi connectivity index (χ0n) is 42.0. The van der Waals surface area contributed by atoms with Gasteiger partial charge in [0.2, 0.25) is 11.4 Å². The van der Waals surface area contributed by atoms with Gasteiger partial charge in [0.05, 0.1) is 0 Å². The second kappa shape index (κ2) is 39.4. The van der Waals surface area contributed by atoms with E-state index in [4.69, 9.17) is 0 Å². The molecule has 0 saturated heterocycles. The van der Waals surface area contributed by atoms with Gasteiger partial charge in [-0.25, -0.2) is 4.70 Å². The van der Waals surface area contributed by atoms with Crippen LogP contribution in [0.15, 0.2) is 59.7 Å². The fraction of sp³-hybridized carbons (Fsp3) is 0.729. The molecule has 0 spiro atoms. The topological polar surface area (TPSA) is 25.3 Å². The van der Waals surface area contributed by atoms with E-state index in [-0.39, 0.29) is 0 Å². The van der Waals surface area contributed by atoms with Crippen molar-refractivity contribution in [3.8, 4) is 0 Å². The van der Waals surface area contributed by atoms with Gasteiger partial charge >= 0.3 is 103 Å². The summed E-state index contributed by atoms with van der Waals surface area (Å²) < 4.78 is 1.62. The number of aryl methyl sites for hydroxylation is 2. The molecular weight excluding hydrogens is 795 g/mol. The van der Waals surface area contributed by atoms with E-state index in [0.29, 0.717) is 0 Å². The van der Waals surface area contributed by atoms with E-state index in [2.05, 4.69) is 90.1 Å². The summed E-state index contributed by atoms with van der Waals surface area (Å²) in [6.45, 7) is 13.7. The van der Waals surface area contributed by atoms with E-state index in [1.807, 2.05) is 14.4 Å². The zero-order chi connectivity index (χ0) is 44.7. The van der Waals surface area contributed by atoms with Crippen LogP contribution in [0.25, 0.3) is 16.9 Å².